The number of nitrogens with two attached hydrogens (primary N) is 1. The first-order valence-corrected chi connectivity index (χ1v) is 11.5. The van der Waals surface area contributed by atoms with Crippen LogP contribution < -0.4 is 5.73 Å². The van der Waals surface area contributed by atoms with Gasteiger partial charge in [-0.05, 0) is 64.8 Å². The highest BCUT2D eigenvalue weighted by atomic mass is 16.1. The van der Waals surface area contributed by atoms with E-state index in [0.717, 1.165) is 40.8 Å². The Labute approximate surface area is 188 Å². The predicted octanol–water partition coefficient (Wildman–Crippen LogP) is 5.76. The van der Waals surface area contributed by atoms with Gasteiger partial charge in [-0.3, -0.25) is 9.79 Å². The lowest BCUT2D eigenvalue weighted by Crippen LogP contribution is -2.43. The van der Waals surface area contributed by atoms with E-state index in [0.29, 0.717) is 13.0 Å². The second-order valence-corrected chi connectivity index (χ2v) is 9.26. The van der Waals surface area contributed by atoms with E-state index in [-0.39, 0.29) is 17.2 Å². The average Bonchev–Trinajstić information content (AvgIpc) is 2.82. The molecule has 1 fully saturated rings. The maximum absolute atomic E-state index is 12.5. The summed E-state index contributed by atoms with van der Waals surface area (Å²) < 4.78 is 0. The molecular weight excluding hydrogens is 392 g/mol. The molecule has 1 saturated carbocycles. The summed E-state index contributed by atoms with van der Waals surface area (Å²) in [5.41, 5.74) is 15.4. The van der Waals surface area contributed by atoms with Gasteiger partial charge in [0.25, 0.3) is 0 Å². The Bertz CT molecular complexity index is 1260. The molecule has 3 nitrogen and oxygen atoms in total. The molecule has 2 aliphatic carbocycles. The fourth-order valence-electron chi connectivity index (χ4n) is 5.24. The Morgan fingerprint density at radius 3 is 2.31 bits per heavy atom. The highest BCUT2D eigenvalue weighted by Crippen LogP contribution is 2.41. The molecule has 0 aromatic heterocycles. The number of aliphatic imine (C=N–C) groups is 1. The molecule has 3 heteroatoms. The van der Waals surface area contributed by atoms with Gasteiger partial charge < -0.3 is 5.73 Å². The van der Waals surface area contributed by atoms with Gasteiger partial charge in [0.05, 0.1) is 11.6 Å². The number of carbonyl (C=O) groups is 1. The van der Waals surface area contributed by atoms with E-state index >= 15 is 0 Å². The van der Waals surface area contributed by atoms with Crippen LogP contribution in [0.2, 0.25) is 0 Å². The first-order valence-electron chi connectivity index (χ1n) is 11.5. The number of ketones is 1. The number of Topliss-reactive ketones (excluding diaryl/α,β-unsaturated/α-hetero) is 1. The smallest absolute Gasteiger partial charge is 0.147 e. The Morgan fingerprint density at radius 1 is 0.875 bits per heavy atom. The van der Waals surface area contributed by atoms with Crippen LogP contribution >= 0.6 is 0 Å². The minimum absolute atomic E-state index is 0.153. The molecule has 0 amide bonds. The highest BCUT2D eigenvalue weighted by molar-refractivity contribution is 6.20. The molecule has 0 saturated heterocycles. The second-order valence-electron chi connectivity index (χ2n) is 9.26. The van der Waals surface area contributed by atoms with Gasteiger partial charge in [0.1, 0.15) is 5.78 Å². The van der Waals surface area contributed by atoms with Crippen LogP contribution in [-0.4, -0.2) is 18.0 Å². The van der Waals surface area contributed by atoms with Gasteiger partial charge in [0, 0.05) is 24.1 Å². The van der Waals surface area contributed by atoms with Crippen LogP contribution in [0.4, 0.5) is 0 Å². The second kappa shape index (κ2) is 7.39. The van der Waals surface area contributed by atoms with Crippen molar-refractivity contribution in [3.8, 4) is 22.3 Å². The zero-order valence-electron chi connectivity index (χ0n) is 18.1. The number of carbonyl (C=O) groups excluding carboxylic acids is 1. The van der Waals surface area contributed by atoms with E-state index in [9.17, 15) is 4.79 Å². The van der Waals surface area contributed by atoms with Gasteiger partial charge in [-0.15, -0.1) is 0 Å². The summed E-state index contributed by atoms with van der Waals surface area (Å²) >= 11 is 0. The van der Waals surface area contributed by atoms with Crippen molar-refractivity contribution in [2.24, 2.45) is 16.6 Å². The van der Waals surface area contributed by atoms with E-state index in [1.54, 1.807) is 0 Å². The number of allylic oxidation sites excluding steroid dienone is 1. The summed E-state index contributed by atoms with van der Waals surface area (Å²) in [6, 6.07) is 23.7. The zero-order chi connectivity index (χ0) is 21.7. The van der Waals surface area contributed by atoms with Gasteiger partial charge >= 0.3 is 0 Å². The molecule has 1 atom stereocenters. The van der Waals surface area contributed by atoms with Crippen LogP contribution in [0.25, 0.3) is 28.3 Å². The molecule has 3 aromatic rings. The van der Waals surface area contributed by atoms with Crippen molar-refractivity contribution < 1.29 is 4.79 Å². The van der Waals surface area contributed by atoms with E-state index in [1.807, 2.05) is 12.1 Å². The Balaban J connectivity index is 1.51. The molecule has 3 aromatic carbocycles. The van der Waals surface area contributed by atoms with Gasteiger partial charge in [0.2, 0.25) is 0 Å². The molecule has 158 valence electrons. The predicted molar refractivity (Wildman–Crippen MR) is 131 cm³/mol. The minimum atomic E-state index is -0.201. The third-order valence-electron chi connectivity index (χ3n) is 7.32. The summed E-state index contributed by atoms with van der Waals surface area (Å²) in [5, 5.41) is 0. The average molecular weight is 419 g/mol. The molecule has 6 rings (SSSR count). The minimum Gasteiger partial charge on any atom is -0.321 e. The largest absolute Gasteiger partial charge is 0.321 e. The Morgan fingerprint density at radius 2 is 1.59 bits per heavy atom. The maximum Gasteiger partial charge on any atom is 0.147 e. The van der Waals surface area contributed by atoms with Crippen molar-refractivity contribution in [3.05, 3.63) is 89.5 Å². The number of hydrogen-bond acceptors (Lipinski definition) is 3. The highest BCUT2D eigenvalue weighted by Gasteiger charge is 2.34. The molecular formula is C29H26N2O. The van der Waals surface area contributed by atoms with Gasteiger partial charge in [0.15, 0.2) is 0 Å². The molecule has 32 heavy (non-hydrogen) atoms. The lowest BCUT2D eigenvalue weighted by atomic mass is 9.72. The van der Waals surface area contributed by atoms with Crippen molar-refractivity contribution in [3.63, 3.8) is 0 Å². The van der Waals surface area contributed by atoms with Crippen molar-refractivity contribution in [1.82, 2.24) is 0 Å². The van der Waals surface area contributed by atoms with Crippen molar-refractivity contribution >= 4 is 17.6 Å². The summed E-state index contributed by atoms with van der Waals surface area (Å²) in [6.45, 7) is 0.586. The number of fused-ring (bicyclic) bond motifs is 3. The Hall–Kier alpha value is -3.30. The fourth-order valence-corrected chi connectivity index (χ4v) is 5.24. The van der Waals surface area contributed by atoms with Crippen LogP contribution in [0, 0.1) is 5.92 Å². The monoisotopic (exact) mass is 418 g/mol. The van der Waals surface area contributed by atoms with Crippen LogP contribution in [-0.2, 0) is 10.3 Å². The first kappa shape index (κ1) is 19.4. The third kappa shape index (κ3) is 3.08. The lowest BCUT2D eigenvalue weighted by Gasteiger charge is -2.38. The van der Waals surface area contributed by atoms with Crippen LogP contribution in [0.15, 0.2) is 77.8 Å². The normalized spacial score (nSPS) is 20.7. The molecule has 0 bridgehead atoms. The van der Waals surface area contributed by atoms with Crippen LogP contribution in [0.5, 0.6) is 0 Å². The quantitative estimate of drug-likeness (QED) is 0.588. The molecule has 2 N–H and O–H groups in total. The maximum atomic E-state index is 12.5. The van der Waals surface area contributed by atoms with Crippen molar-refractivity contribution in [1.29, 1.82) is 0 Å². The fraction of sp³-hybridized carbons (Fsp3) is 0.241. The number of hydrogen-bond donors (Lipinski definition) is 1. The SMILES string of the molecule is NC1(c2ccc(-c3cc4c(cc3-c3ccccc3)C3=NCCC(=O)C3C=C4)cc2)CCC1. The summed E-state index contributed by atoms with van der Waals surface area (Å²) in [7, 11) is 0. The van der Waals surface area contributed by atoms with Crippen LogP contribution in [0.3, 0.4) is 0 Å². The number of benzene rings is 3. The van der Waals surface area contributed by atoms with E-state index < -0.39 is 0 Å². The van der Waals surface area contributed by atoms with E-state index in [2.05, 4.69) is 66.7 Å². The zero-order valence-corrected chi connectivity index (χ0v) is 18.1. The van der Waals surface area contributed by atoms with Gasteiger partial charge in [-0.2, -0.15) is 0 Å². The topological polar surface area (TPSA) is 55.4 Å². The lowest BCUT2D eigenvalue weighted by molar-refractivity contribution is -0.119. The third-order valence-corrected chi connectivity index (χ3v) is 7.32. The number of rotatable bonds is 3. The molecule has 0 radical (unpaired) electrons. The van der Waals surface area contributed by atoms with E-state index in [1.165, 1.54) is 23.1 Å². The van der Waals surface area contributed by atoms with Crippen LogP contribution in [0.1, 0.15) is 42.4 Å². The van der Waals surface area contributed by atoms with Crippen molar-refractivity contribution in [2.75, 3.05) is 6.54 Å². The molecule has 0 spiro atoms. The van der Waals surface area contributed by atoms with E-state index in [4.69, 9.17) is 10.7 Å². The molecule has 3 aliphatic rings. The Kier molecular flexibility index (Phi) is 4.48. The summed E-state index contributed by atoms with van der Waals surface area (Å²) in [6.07, 6.45) is 7.98. The standard InChI is InChI=1S/C29H26N2O/c30-29(14-4-15-29)22-10-7-20(8-11-22)24-17-21-9-12-23-27(32)13-16-31-28(23)26(21)18-25(24)19-5-2-1-3-6-19/h1-3,5-12,17-18,23H,4,13-16,30H2. The molecule has 1 unspecified atom stereocenters. The number of nitrogens with zero attached hydrogens (tertiary/aromatic N) is 1. The summed E-state index contributed by atoms with van der Waals surface area (Å²) in [4.78, 5) is 17.2. The first-order chi connectivity index (χ1) is 15.6. The summed E-state index contributed by atoms with van der Waals surface area (Å²) in [5.74, 6) is 0.0674. The molecule has 1 heterocycles. The molecule has 1 aliphatic heterocycles. The van der Waals surface area contributed by atoms with Gasteiger partial charge in [-0.1, -0.05) is 66.7 Å². The van der Waals surface area contributed by atoms with Crippen molar-refractivity contribution in [2.45, 2.75) is 31.2 Å². The van der Waals surface area contributed by atoms with Gasteiger partial charge in [-0.25, -0.2) is 0 Å².